The maximum atomic E-state index is 13.7. The van der Waals surface area contributed by atoms with Crippen molar-refractivity contribution in [3.05, 3.63) is 83.0 Å². The van der Waals surface area contributed by atoms with E-state index in [2.05, 4.69) is 52.2 Å². The van der Waals surface area contributed by atoms with Gasteiger partial charge >= 0.3 is 0 Å². The van der Waals surface area contributed by atoms with Gasteiger partial charge in [-0.15, -0.1) is 0 Å². The summed E-state index contributed by atoms with van der Waals surface area (Å²) in [6.07, 6.45) is 3.77. The first kappa shape index (κ1) is 25.6. The molecule has 2 aromatic carbocycles. The summed E-state index contributed by atoms with van der Waals surface area (Å²) in [4.78, 5) is 24.7. The van der Waals surface area contributed by atoms with Crippen LogP contribution in [0.2, 0.25) is 0 Å². The van der Waals surface area contributed by atoms with Crippen LogP contribution in [0.4, 0.5) is 17.2 Å². The molecule has 2 fully saturated rings. The van der Waals surface area contributed by atoms with Crippen LogP contribution < -0.4 is 15.1 Å². The Morgan fingerprint density at radius 3 is 2.47 bits per heavy atom. The number of nitrogens with one attached hydrogen (secondary N) is 1. The number of carbonyl (C=O) groups excluding carboxylic acids is 1. The lowest BCUT2D eigenvalue weighted by Crippen LogP contribution is -2.54. The van der Waals surface area contributed by atoms with Gasteiger partial charge in [0.15, 0.2) is 0 Å². The summed E-state index contributed by atoms with van der Waals surface area (Å²) in [5.41, 5.74) is 5.73. The smallest absolute Gasteiger partial charge is 0.254 e. The molecule has 3 aromatic rings. The molecule has 1 unspecified atom stereocenters. The number of nitrogens with zero attached hydrogens (tertiary/aromatic N) is 5. The number of hydrogen-bond acceptors (Lipinski definition) is 6. The van der Waals surface area contributed by atoms with E-state index in [9.17, 15) is 10.1 Å². The van der Waals surface area contributed by atoms with Crippen molar-refractivity contribution in [2.24, 2.45) is 0 Å². The lowest BCUT2D eigenvalue weighted by molar-refractivity contribution is 0.0725. The highest BCUT2D eigenvalue weighted by atomic mass is 16.2. The normalized spacial score (nSPS) is 18.3. The van der Waals surface area contributed by atoms with E-state index in [1.807, 2.05) is 60.5 Å². The minimum absolute atomic E-state index is 0.0981. The van der Waals surface area contributed by atoms with Gasteiger partial charge in [0, 0.05) is 62.3 Å². The number of nitriles is 1. The molecule has 1 N–H and O–H groups in total. The highest BCUT2D eigenvalue weighted by Crippen LogP contribution is 2.28. The van der Waals surface area contributed by atoms with Crippen LogP contribution in [0.5, 0.6) is 0 Å². The lowest BCUT2D eigenvalue weighted by atomic mass is 9.99. The third-order valence-electron chi connectivity index (χ3n) is 7.88. The number of carbonyl (C=O) groups is 1. The lowest BCUT2D eigenvalue weighted by Gasteiger charge is -2.40. The first-order valence-corrected chi connectivity index (χ1v) is 13.5. The Hall–Kier alpha value is -4.05. The fourth-order valence-electron chi connectivity index (χ4n) is 5.74. The molecule has 1 atom stereocenters. The zero-order valence-corrected chi connectivity index (χ0v) is 22.5. The second-order valence-corrected chi connectivity index (χ2v) is 10.5. The van der Waals surface area contributed by atoms with E-state index in [1.165, 1.54) is 0 Å². The van der Waals surface area contributed by atoms with Crippen molar-refractivity contribution in [1.29, 1.82) is 5.26 Å². The Bertz CT molecular complexity index is 1330. The third-order valence-corrected chi connectivity index (χ3v) is 7.88. The number of anilines is 3. The molecule has 1 aromatic heterocycles. The van der Waals surface area contributed by atoms with Gasteiger partial charge in [0.25, 0.3) is 5.91 Å². The highest BCUT2D eigenvalue weighted by Gasteiger charge is 2.29. The van der Waals surface area contributed by atoms with Crippen molar-refractivity contribution in [2.45, 2.75) is 45.7 Å². The van der Waals surface area contributed by atoms with Gasteiger partial charge < -0.3 is 20.0 Å². The molecule has 196 valence electrons. The molecule has 3 heterocycles. The van der Waals surface area contributed by atoms with Gasteiger partial charge in [0.1, 0.15) is 11.9 Å². The van der Waals surface area contributed by atoms with Gasteiger partial charge in [-0.3, -0.25) is 4.79 Å². The number of para-hydroxylation sites is 1. The van der Waals surface area contributed by atoms with Crippen molar-refractivity contribution in [1.82, 2.24) is 9.88 Å². The molecule has 7 heteroatoms. The van der Waals surface area contributed by atoms with Crippen molar-refractivity contribution < 1.29 is 4.79 Å². The van der Waals surface area contributed by atoms with E-state index in [0.717, 1.165) is 71.9 Å². The van der Waals surface area contributed by atoms with Gasteiger partial charge in [-0.1, -0.05) is 24.3 Å². The molecule has 38 heavy (non-hydrogen) atoms. The molecule has 0 radical (unpaired) electrons. The van der Waals surface area contributed by atoms with Crippen LogP contribution in [0.25, 0.3) is 0 Å². The summed E-state index contributed by atoms with van der Waals surface area (Å²) in [5, 5.41) is 13.2. The SMILES string of the molecule is Cc1cc(C)c(C(=O)N2CCN(c3ccccn3)C(C)C2)cc1NC1CCN(c2ccccc2C#N)CC1. The fraction of sp³-hybridized carbons (Fsp3) is 0.387. The van der Waals surface area contributed by atoms with Crippen molar-refractivity contribution in [3.63, 3.8) is 0 Å². The average molecular weight is 509 g/mol. The predicted octanol–water partition coefficient (Wildman–Crippen LogP) is 5.00. The van der Waals surface area contributed by atoms with Gasteiger partial charge in [-0.2, -0.15) is 5.26 Å². The Labute approximate surface area is 225 Å². The number of rotatable bonds is 5. The van der Waals surface area contributed by atoms with Gasteiger partial charge in [-0.05, 0) is 75.1 Å². The average Bonchev–Trinajstić information content (AvgIpc) is 2.95. The van der Waals surface area contributed by atoms with Crippen molar-refractivity contribution in [2.75, 3.05) is 47.8 Å². The molecular formula is C31H36N6O. The zero-order valence-electron chi connectivity index (χ0n) is 22.5. The third kappa shape index (κ3) is 5.31. The van der Waals surface area contributed by atoms with E-state index in [-0.39, 0.29) is 11.9 Å². The number of piperazine rings is 1. The molecule has 1 amide bonds. The predicted molar refractivity (Wildman–Crippen MR) is 153 cm³/mol. The first-order valence-electron chi connectivity index (χ1n) is 13.5. The summed E-state index contributed by atoms with van der Waals surface area (Å²) in [5.74, 6) is 1.06. The minimum Gasteiger partial charge on any atom is -0.382 e. The van der Waals surface area contributed by atoms with E-state index in [1.54, 1.807) is 0 Å². The number of amides is 1. The molecule has 0 bridgehead atoms. The maximum absolute atomic E-state index is 13.7. The van der Waals surface area contributed by atoms with Gasteiger partial charge in [0.05, 0.1) is 11.3 Å². The second-order valence-electron chi connectivity index (χ2n) is 10.5. The maximum Gasteiger partial charge on any atom is 0.254 e. The van der Waals surface area contributed by atoms with Crippen LogP contribution >= 0.6 is 0 Å². The Balaban J connectivity index is 1.24. The Morgan fingerprint density at radius 2 is 1.76 bits per heavy atom. The summed E-state index contributed by atoms with van der Waals surface area (Å²) < 4.78 is 0. The molecule has 0 spiro atoms. The summed E-state index contributed by atoms with van der Waals surface area (Å²) in [7, 11) is 0. The van der Waals surface area contributed by atoms with Gasteiger partial charge in [-0.25, -0.2) is 4.98 Å². The number of piperidine rings is 1. The van der Waals surface area contributed by atoms with Gasteiger partial charge in [0.2, 0.25) is 0 Å². The van der Waals surface area contributed by atoms with Crippen LogP contribution in [0.1, 0.15) is 46.8 Å². The summed E-state index contributed by atoms with van der Waals surface area (Å²) >= 11 is 0. The molecule has 0 aliphatic carbocycles. The molecule has 7 nitrogen and oxygen atoms in total. The molecular weight excluding hydrogens is 472 g/mol. The van der Waals surface area contributed by atoms with Crippen LogP contribution in [0, 0.1) is 25.2 Å². The van der Waals surface area contributed by atoms with Crippen LogP contribution in [0.15, 0.2) is 60.8 Å². The van der Waals surface area contributed by atoms with Crippen LogP contribution in [-0.2, 0) is 0 Å². The second kappa shape index (κ2) is 11.1. The number of aryl methyl sites for hydroxylation is 2. The molecule has 5 rings (SSSR count). The van der Waals surface area contributed by atoms with E-state index in [4.69, 9.17) is 0 Å². The topological polar surface area (TPSA) is 75.5 Å². The number of aromatic nitrogens is 1. The van der Waals surface area contributed by atoms with Crippen LogP contribution in [-0.4, -0.2) is 60.6 Å². The first-order chi connectivity index (χ1) is 18.4. The minimum atomic E-state index is 0.0981. The van der Waals surface area contributed by atoms with Crippen molar-refractivity contribution >= 4 is 23.1 Å². The van der Waals surface area contributed by atoms with Crippen molar-refractivity contribution in [3.8, 4) is 6.07 Å². The largest absolute Gasteiger partial charge is 0.382 e. The summed E-state index contributed by atoms with van der Waals surface area (Å²) in [6.45, 7) is 10.2. The standard InChI is InChI=1S/C31H36N6O/c1-22-18-23(2)28(34-26-11-14-35(15-12-26)29-9-5-4-8-25(29)20-32)19-27(22)31(38)36-16-17-37(24(3)21-36)30-10-6-7-13-33-30/h4-10,13,18-19,24,26,34H,11-12,14-17,21H2,1-3H3. The Morgan fingerprint density at radius 1 is 1.00 bits per heavy atom. The number of pyridine rings is 1. The van der Waals surface area contributed by atoms with E-state index in [0.29, 0.717) is 19.1 Å². The van der Waals surface area contributed by atoms with E-state index >= 15 is 0 Å². The summed E-state index contributed by atoms with van der Waals surface area (Å²) in [6, 6.07) is 20.8. The van der Waals surface area contributed by atoms with E-state index < -0.39 is 0 Å². The number of hydrogen-bond donors (Lipinski definition) is 1. The zero-order chi connectivity index (χ0) is 26.6. The van der Waals surface area contributed by atoms with Crippen LogP contribution in [0.3, 0.4) is 0 Å². The molecule has 0 saturated carbocycles. The number of benzene rings is 2. The fourth-order valence-corrected chi connectivity index (χ4v) is 5.74. The quantitative estimate of drug-likeness (QED) is 0.523. The highest BCUT2D eigenvalue weighted by molar-refractivity contribution is 5.97. The molecule has 2 aliphatic rings. The monoisotopic (exact) mass is 508 g/mol. The molecule has 2 aliphatic heterocycles. The Kier molecular flexibility index (Phi) is 7.50. The molecule has 2 saturated heterocycles.